The van der Waals surface area contributed by atoms with Crippen LogP contribution in [0.3, 0.4) is 0 Å². The molecule has 0 spiro atoms. The van der Waals surface area contributed by atoms with Gasteiger partial charge in [-0.2, -0.15) is 0 Å². The third-order valence-corrected chi connectivity index (χ3v) is 4.05. The van der Waals surface area contributed by atoms with Gasteiger partial charge in [0.15, 0.2) is 0 Å². The van der Waals surface area contributed by atoms with Crippen LogP contribution < -0.4 is 10.1 Å². The standard InChI is InChI=1S/C20H24N2O4/c1-12(2)17(20(24)25)22-19(23)16-8-13(3)18(14(4)9-16)26-11-15-6-5-7-21-10-15/h5-10,12,17H,11H2,1-4H3,(H,22,23)(H,24,25)/t17-/m1/s1. The van der Waals surface area contributed by atoms with E-state index in [4.69, 9.17) is 4.74 Å². The second-order valence-electron chi connectivity index (χ2n) is 6.62. The number of carboxylic acid groups (broad SMARTS) is 1. The number of carbonyl (C=O) groups excluding carboxylic acids is 1. The number of ether oxygens (including phenoxy) is 1. The topological polar surface area (TPSA) is 88.5 Å². The first kappa shape index (κ1) is 19.4. The predicted octanol–water partition coefficient (Wildman–Crippen LogP) is 3.12. The van der Waals surface area contributed by atoms with Crippen molar-refractivity contribution in [1.82, 2.24) is 10.3 Å². The number of rotatable bonds is 7. The molecule has 6 heteroatoms. The molecule has 2 rings (SSSR count). The Morgan fingerprint density at radius 1 is 1.23 bits per heavy atom. The maximum atomic E-state index is 12.4. The highest BCUT2D eigenvalue weighted by molar-refractivity contribution is 5.97. The number of amides is 1. The van der Waals surface area contributed by atoms with Crippen LogP contribution in [0.4, 0.5) is 0 Å². The average Bonchev–Trinajstić information content (AvgIpc) is 2.58. The highest BCUT2D eigenvalue weighted by Crippen LogP contribution is 2.26. The van der Waals surface area contributed by atoms with Crippen LogP contribution in [0, 0.1) is 19.8 Å². The summed E-state index contributed by atoms with van der Waals surface area (Å²) in [5, 5.41) is 11.8. The molecule has 1 aromatic heterocycles. The lowest BCUT2D eigenvalue weighted by Crippen LogP contribution is -2.44. The second kappa shape index (κ2) is 8.47. The first-order valence-corrected chi connectivity index (χ1v) is 8.46. The van der Waals surface area contributed by atoms with Crippen molar-refractivity contribution in [2.75, 3.05) is 0 Å². The molecule has 138 valence electrons. The van der Waals surface area contributed by atoms with Crippen molar-refractivity contribution >= 4 is 11.9 Å². The number of aliphatic carboxylic acids is 1. The van der Waals surface area contributed by atoms with Crippen molar-refractivity contribution in [3.05, 3.63) is 58.9 Å². The number of carbonyl (C=O) groups is 2. The normalized spacial score (nSPS) is 11.9. The Kier molecular flexibility index (Phi) is 6.33. The third kappa shape index (κ3) is 4.81. The van der Waals surface area contributed by atoms with Gasteiger partial charge in [0.05, 0.1) is 0 Å². The number of aromatic nitrogens is 1. The van der Waals surface area contributed by atoms with E-state index in [0.717, 1.165) is 16.7 Å². The summed E-state index contributed by atoms with van der Waals surface area (Å²) in [7, 11) is 0. The molecule has 6 nitrogen and oxygen atoms in total. The molecule has 0 aliphatic carbocycles. The lowest BCUT2D eigenvalue weighted by Gasteiger charge is -2.19. The lowest BCUT2D eigenvalue weighted by atomic mass is 10.0. The fourth-order valence-electron chi connectivity index (χ4n) is 2.69. The first-order valence-electron chi connectivity index (χ1n) is 8.46. The van der Waals surface area contributed by atoms with Gasteiger partial charge in [0, 0.05) is 23.5 Å². The van der Waals surface area contributed by atoms with E-state index < -0.39 is 17.9 Å². The molecule has 0 aliphatic rings. The maximum absolute atomic E-state index is 12.4. The van der Waals surface area contributed by atoms with Crippen LogP contribution in [0.15, 0.2) is 36.7 Å². The van der Waals surface area contributed by atoms with Gasteiger partial charge >= 0.3 is 5.97 Å². The number of nitrogens with one attached hydrogen (secondary N) is 1. The number of carboxylic acids is 1. The minimum atomic E-state index is -1.04. The van der Waals surface area contributed by atoms with Gasteiger partial charge in [-0.1, -0.05) is 19.9 Å². The van der Waals surface area contributed by atoms with Crippen molar-refractivity contribution in [3.63, 3.8) is 0 Å². The zero-order valence-electron chi connectivity index (χ0n) is 15.4. The molecule has 0 unspecified atom stereocenters. The first-order chi connectivity index (χ1) is 12.3. The molecule has 0 saturated heterocycles. The lowest BCUT2D eigenvalue weighted by molar-refractivity contribution is -0.140. The average molecular weight is 356 g/mol. The Morgan fingerprint density at radius 2 is 1.88 bits per heavy atom. The summed E-state index contributed by atoms with van der Waals surface area (Å²) in [5.41, 5.74) is 3.00. The summed E-state index contributed by atoms with van der Waals surface area (Å²) >= 11 is 0. The molecular formula is C20H24N2O4. The summed E-state index contributed by atoms with van der Waals surface area (Å²) in [6.07, 6.45) is 3.44. The number of aryl methyl sites for hydroxylation is 2. The van der Waals surface area contributed by atoms with Crippen LogP contribution in [0.25, 0.3) is 0 Å². The SMILES string of the molecule is Cc1cc(C(=O)N[C@@H](C(=O)O)C(C)C)cc(C)c1OCc1cccnc1. The molecule has 1 heterocycles. The fraction of sp³-hybridized carbons (Fsp3) is 0.350. The van der Waals surface area contributed by atoms with Crippen molar-refractivity contribution in [1.29, 1.82) is 0 Å². The Labute approximate surface area is 153 Å². The van der Waals surface area contributed by atoms with Gasteiger partial charge in [0.25, 0.3) is 5.91 Å². The molecule has 2 N–H and O–H groups in total. The van der Waals surface area contributed by atoms with Crippen LogP contribution in [0.5, 0.6) is 5.75 Å². The van der Waals surface area contributed by atoms with Crippen LogP contribution in [0.1, 0.15) is 40.9 Å². The number of nitrogens with zero attached hydrogens (tertiary/aromatic N) is 1. The van der Waals surface area contributed by atoms with E-state index in [1.807, 2.05) is 26.0 Å². The van der Waals surface area contributed by atoms with Gasteiger partial charge < -0.3 is 15.2 Å². The second-order valence-corrected chi connectivity index (χ2v) is 6.62. The van der Waals surface area contributed by atoms with Gasteiger partial charge in [0.1, 0.15) is 18.4 Å². The minimum Gasteiger partial charge on any atom is -0.488 e. The summed E-state index contributed by atoms with van der Waals surface area (Å²) < 4.78 is 5.88. The summed E-state index contributed by atoms with van der Waals surface area (Å²) in [5.74, 6) is -0.945. The number of hydrogen-bond donors (Lipinski definition) is 2. The predicted molar refractivity (Wildman–Crippen MR) is 98.2 cm³/mol. The molecule has 0 aliphatic heterocycles. The van der Waals surface area contributed by atoms with Gasteiger partial charge in [-0.15, -0.1) is 0 Å². The van der Waals surface area contributed by atoms with E-state index in [2.05, 4.69) is 10.3 Å². The van der Waals surface area contributed by atoms with Crippen molar-refractivity contribution in [2.45, 2.75) is 40.3 Å². The summed E-state index contributed by atoms with van der Waals surface area (Å²) in [6.45, 7) is 7.62. The molecule has 0 fully saturated rings. The van der Waals surface area contributed by atoms with Crippen LogP contribution in [-0.4, -0.2) is 28.0 Å². The van der Waals surface area contributed by atoms with E-state index in [9.17, 15) is 14.7 Å². The van der Waals surface area contributed by atoms with E-state index in [0.29, 0.717) is 17.9 Å². The van der Waals surface area contributed by atoms with E-state index in [-0.39, 0.29) is 5.92 Å². The van der Waals surface area contributed by atoms with Crippen molar-refractivity contribution in [2.24, 2.45) is 5.92 Å². The molecule has 1 aromatic carbocycles. The molecule has 0 radical (unpaired) electrons. The van der Waals surface area contributed by atoms with Gasteiger partial charge in [-0.05, 0) is 49.1 Å². The Morgan fingerprint density at radius 3 is 2.38 bits per heavy atom. The van der Waals surface area contributed by atoms with E-state index in [1.165, 1.54) is 0 Å². The minimum absolute atomic E-state index is 0.208. The summed E-state index contributed by atoms with van der Waals surface area (Å²) in [4.78, 5) is 27.8. The molecule has 1 atom stereocenters. The quantitative estimate of drug-likeness (QED) is 0.796. The Balaban J connectivity index is 2.15. The number of pyridine rings is 1. The summed E-state index contributed by atoms with van der Waals surface area (Å²) in [6, 6.07) is 6.27. The van der Waals surface area contributed by atoms with Crippen molar-refractivity contribution < 1.29 is 19.4 Å². The van der Waals surface area contributed by atoms with E-state index in [1.54, 1.807) is 38.4 Å². The van der Waals surface area contributed by atoms with E-state index >= 15 is 0 Å². The van der Waals surface area contributed by atoms with Crippen molar-refractivity contribution in [3.8, 4) is 5.75 Å². The maximum Gasteiger partial charge on any atom is 0.326 e. The highest BCUT2D eigenvalue weighted by Gasteiger charge is 2.24. The molecule has 1 amide bonds. The molecule has 0 saturated carbocycles. The molecule has 26 heavy (non-hydrogen) atoms. The monoisotopic (exact) mass is 356 g/mol. The Bertz CT molecular complexity index is 765. The van der Waals surface area contributed by atoms with Crippen LogP contribution >= 0.6 is 0 Å². The third-order valence-electron chi connectivity index (χ3n) is 4.05. The molecular weight excluding hydrogens is 332 g/mol. The zero-order valence-corrected chi connectivity index (χ0v) is 15.4. The molecule has 2 aromatic rings. The van der Waals surface area contributed by atoms with Crippen LogP contribution in [-0.2, 0) is 11.4 Å². The molecule has 0 bridgehead atoms. The number of hydrogen-bond acceptors (Lipinski definition) is 4. The Hall–Kier alpha value is -2.89. The highest BCUT2D eigenvalue weighted by atomic mass is 16.5. The zero-order chi connectivity index (χ0) is 19.3. The largest absolute Gasteiger partial charge is 0.488 e. The van der Waals surface area contributed by atoms with Gasteiger partial charge in [-0.25, -0.2) is 4.79 Å². The number of benzene rings is 1. The van der Waals surface area contributed by atoms with Gasteiger partial charge in [0.2, 0.25) is 0 Å². The fourth-order valence-corrected chi connectivity index (χ4v) is 2.69. The van der Waals surface area contributed by atoms with Crippen LogP contribution in [0.2, 0.25) is 0 Å². The smallest absolute Gasteiger partial charge is 0.326 e. The van der Waals surface area contributed by atoms with Gasteiger partial charge in [-0.3, -0.25) is 9.78 Å².